The molecule has 0 radical (unpaired) electrons. The molecule has 0 spiro atoms. The van der Waals surface area contributed by atoms with E-state index >= 15 is 0 Å². The van der Waals surface area contributed by atoms with E-state index in [2.05, 4.69) is 42.4 Å². The van der Waals surface area contributed by atoms with Crippen LogP contribution in [0.15, 0.2) is 74.7 Å². The lowest BCUT2D eigenvalue weighted by Gasteiger charge is -2.12. The number of benzene rings is 3. The molecule has 4 nitrogen and oxygen atoms in total. The summed E-state index contributed by atoms with van der Waals surface area (Å²) in [6.07, 6.45) is 1.86. The maximum Gasteiger partial charge on any atom is 0.244 e. The molecule has 0 aliphatic rings. The number of nitrogens with one attached hydrogen (secondary N) is 1. The topological polar surface area (TPSA) is 50.7 Å². The van der Waals surface area contributed by atoms with Crippen LogP contribution in [0.25, 0.3) is 0 Å². The molecule has 0 saturated heterocycles. The van der Waals surface area contributed by atoms with Gasteiger partial charge < -0.3 is 4.74 Å². The summed E-state index contributed by atoms with van der Waals surface area (Å²) in [6.45, 7) is 2.36. The van der Waals surface area contributed by atoms with Crippen LogP contribution in [0.5, 0.6) is 5.75 Å². The summed E-state index contributed by atoms with van der Waals surface area (Å²) in [7, 11) is 0. The van der Waals surface area contributed by atoms with Gasteiger partial charge in [-0.05, 0) is 68.1 Å². The maximum absolute atomic E-state index is 12.0. The molecule has 30 heavy (non-hydrogen) atoms. The van der Waals surface area contributed by atoms with Crippen LogP contribution in [0.3, 0.4) is 0 Å². The van der Waals surface area contributed by atoms with Crippen molar-refractivity contribution in [3.05, 3.63) is 96.9 Å². The number of carbonyl (C=O) groups is 1. The predicted molar refractivity (Wildman–Crippen MR) is 128 cm³/mol. The third-order valence-corrected chi connectivity index (χ3v) is 5.79. The van der Waals surface area contributed by atoms with Crippen LogP contribution in [0.1, 0.15) is 22.3 Å². The number of rotatable bonds is 7. The second-order valence-electron chi connectivity index (χ2n) is 6.65. The van der Waals surface area contributed by atoms with Gasteiger partial charge in [0, 0.05) is 10.6 Å². The first-order valence-electron chi connectivity index (χ1n) is 9.15. The van der Waals surface area contributed by atoms with E-state index in [1.165, 1.54) is 0 Å². The van der Waals surface area contributed by atoms with Gasteiger partial charge in [-0.3, -0.25) is 4.79 Å². The summed E-state index contributed by atoms with van der Waals surface area (Å²) >= 11 is 13.2. The fourth-order valence-corrected chi connectivity index (χ4v) is 4.31. The fraction of sp³-hybridized carbons (Fsp3) is 0.130. The lowest BCUT2D eigenvalue weighted by atomic mass is 10.1. The zero-order valence-electron chi connectivity index (χ0n) is 16.2. The molecule has 0 atom stereocenters. The van der Waals surface area contributed by atoms with E-state index in [1.54, 1.807) is 6.21 Å². The highest BCUT2D eigenvalue weighted by Gasteiger charge is 2.10. The number of hydrogen-bond acceptors (Lipinski definition) is 3. The van der Waals surface area contributed by atoms with Gasteiger partial charge in [-0.15, -0.1) is 0 Å². The van der Waals surface area contributed by atoms with Crippen molar-refractivity contribution in [2.45, 2.75) is 20.0 Å². The summed E-state index contributed by atoms with van der Waals surface area (Å²) < 4.78 is 7.44. The molecule has 154 valence electrons. The number of aryl methyl sites for hydroxylation is 1. The molecule has 0 fully saturated rings. The van der Waals surface area contributed by atoms with E-state index in [0.717, 1.165) is 31.2 Å². The van der Waals surface area contributed by atoms with E-state index in [0.29, 0.717) is 17.4 Å². The van der Waals surface area contributed by atoms with Crippen molar-refractivity contribution >= 4 is 55.6 Å². The van der Waals surface area contributed by atoms with Crippen molar-refractivity contribution in [1.29, 1.82) is 0 Å². The Balaban J connectivity index is 1.59. The van der Waals surface area contributed by atoms with Crippen molar-refractivity contribution in [1.82, 2.24) is 5.43 Å². The normalized spacial score (nSPS) is 10.9. The lowest BCUT2D eigenvalue weighted by Crippen LogP contribution is -2.19. The van der Waals surface area contributed by atoms with Crippen molar-refractivity contribution < 1.29 is 9.53 Å². The molecule has 0 bridgehead atoms. The molecule has 7 heteroatoms. The first-order valence-corrected chi connectivity index (χ1v) is 11.1. The van der Waals surface area contributed by atoms with Crippen molar-refractivity contribution in [2.24, 2.45) is 5.10 Å². The van der Waals surface area contributed by atoms with Crippen LogP contribution >= 0.6 is 43.5 Å². The number of halogens is 3. The van der Waals surface area contributed by atoms with Gasteiger partial charge in [-0.1, -0.05) is 59.6 Å². The van der Waals surface area contributed by atoms with Gasteiger partial charge in [0.1, 0.15) is 12.4 Å². The molecule has 0 aliphatic carbocycles. The molecule has 3 aromatic carbocycles. The third-order valence-electron chi connectivity index (χ3n) is 4.24. The minimum absolute atomic E-state index is 0.173. The molecule has 1 amide bonds. The van der Waals surface area contributed by atoms with Crippen molar-refractivity contribution in [3.63, 3.8) is 0 Å². The summed E-state index contributed by atoms with van der Waals surface area (Å²) in [4.78, 5) is 12.0. The Labute approximate surface area is 197 Å². The van der Waals surface area contributed by atoms with Crippen LogP contribution in [0.4, 0.5) is 0 Å². The monoisotopic (exact) mass is 548 g/mol. The van der Waals surface area contributed by atoms with Crippen LogP contribution in [-0.4, -0.2) is 12.1 Å². The van der Waals surface area contributed by atoms with Gasteiger partial charge in [-0.2, -0.15) is 5.10 Å². The summed E-state index contributed by atoms with van der Waals surface area (Å²) in [5, 5.41) is 4.71. The zero-order valence-corrected chi connectivity index (χ0v) is 20.1. The molecular formula is C23H19Br2ClN2O2. The van der Waals surface area contributed by atoms with E-state index in [9.17, 15) is 4.79 Å². The van der Waals surface area contributed by atoms with Crippen molar-refractivity contribution in [3.8, 4) is 5.75 Å². The predicted octanol–water partition coefficient (Wildman–Crippen LogP) is 6.45. The molecule has 0 heterocycles. The Kier molecular flexibility index (Phi) is 8.08. The molecular weight excluding hydrogens is 532 g/mol. The molecule has 0 aromatic heterocycles. The highest BCUT2D eigenvalue weighted by molar-refractivity contribution is 9.11. The SMILES string of the molecule is Cc1ccc(CC(=O)N/N=C/c2cc(Br)c(OCc3ccccc3Cl)c(Br)c2)cc1. The Morgan fingerprint density at radius 2 is 1.77 bits per heavy atom. The fourth-order valence-electron chi connectivity index (χ4n) is 2.67. The number of carbonyl (C=O) groups excluding carboxylic acids is 1. The van der Waals surface area contributed by atoms with Crippen LogP contribution in [0.2, 0.25) is 5.02 Å². The van der Waals surface area contributed by atoms with Crippen molar-refractivity contribution in [2.75, 3.05) is 0 Å². The lowest BCUT2D eigenvalue weighted by molar-refractivity contribution is -0.120. The zero-order chi connectivity index (χ0) is 21.5. The number of nitrogens with zero attached hydrogens (tertiary/aromatic N) is 1. The summed E-state index contributed by atoms with van der Waals surface area (Å²) in [6, 6.07) is 19.1. The maximum atomic E-state index is 12.0. The van der Waals surface area contributed by atoms with Gasteiger partial charge >= 0.3 is 0 Å². The molecule has 0 unspecified atom stereocenters. The minimum Gasteiger partial charge on any atom is -0.486 e. The summed E-state index contributed by atoms with van der Waals surface area (Å²) in [5.41, 5.74) is 6.36. The first kappa shape index (κ1) is 22.5. The van der Waals surface area contributed by atoms with E-state index in [1.807, 2.05) is 67.6 Å². The van der Waals surface area contributed by atoms with Gasteiger partial charge in [0.2, 0.25) is 5.91 Å². The number of ether oxygens (including phenoxy) is 1. The van der Waals surface area contributed by atoms with Gasteiger partial charge in [-0.25, -0.2) is 5.43 Å². The largest absolute Gasteiger partial charge is 0.486 e. The highest BCUT2D eigenvalue weighted by atomic mass is 79.9. The Morgan fingerprint density at radius 1 is 1.10 bits per heavy atom. The molecule has 1 N–H and O–H groups in total. The molecule has 3 aromatic rings. The van der Waals surface area contributed by atoms with E-state index in [4.69, 9.17) is 16.3 Å². The van der Waals surface area contributed by atoms with E-state index in [-0.39, 0.29) is 12.3 Å². The Hall–Kier alpha value is -2.15. The van der Waals surface area contributed by atoms with E-state index < -0.39 is 0 Å². The van der Waals surface area contributed by atoms with Crippen LogP contribution < -0.4 is 10.2 Å². The minimum atomic E-state index is -0.173. The van der Waals surface area contributed by atoms with Crippen LogP contribution in [-0.2, 0) is 17.8 Å². The smallest absolute Gasteiger partial charge is 0.244 e. The summed E-state index contributed by atoms with van der Waals surface area (Å²) in [5.74, 6) is 0.489. The quantitative estimate of drug-likeness (QED) is 0.272. The second kappa shape index (κ2) is 10.8. The standard InChI is InChI=1S/C23H19Br2ClN2O2/c1-15-6-8-16(9-7-15)12-22(29)28-27-13-17-10-19(24)23(20(25)11-17)30-14-18-4-2-3-5-21(18)26/h2-11,13H,12,14H2,1H3,(H,28,29)/b27-13+. The number of amides is 1. The third kappa shape index (κ3) is 6.42. The Bertz CT molecular complexity index is 1050. The average Bonchev–Trinajstić information content (AvgIpc) is 2.70. The molecule has 0 saturated carbocycles. The van der Waals surface area contributed by atoms with Gasteiger partial charge in [0.25, 0.3) is 0 Å². The number of hydrogen-bond donors (Lipinski definition) is 1. The number of hydrazone groups is 1. The average molecular weight is 551 g/mol. The molecule has 0 aliphatic heterocycles. The first-order chi connectivity index (χ1) is 14.4. The van der Waals surface area contributed by atoms with Gasteiger partial charge in [0.15, 0.2) is 0 Å². The van der Waals surface area contributed by atoms with Gasteiger partial charge in [0.05, 0.1) is 21.6 Å². The highest BCUT2D eigenvalue weighted by Crippen LogP contribution is 2.35. The molecule has 3 rings (SSSR count). The Morgan fingerprint density at radius 3 is 2.43 bits per heavy atom. The second-order valence-corrected chi connectivity index (χ2v) is 8.77. The van der Waals surface area contributed by atoms with Crippen LogP contribution in [0, 0.1) is 6.92 Å².